The van der Waals surface area contributed by atoms with Gasteiger partial charge in [0.15, 0.2) is 0 Å². The molecule has 2 fully saturated rings. The number of rotatable bonds is 7. The maximum atomic E-state index is 12.5. The molecular weight excluding hydrogens is 332 g/mol. The van der Waals surface area contributed by atoms with Gasteiger partial charge >= 0.3 is 0 Å². The minimum absolute atomic E-state index is 0.115. The Balaban J connectivity index is 1.56. The van der Waals surface area contributed by atoms with Crippen LogP contribution < -0.4 is 5.32 Å². The Morgan fingerprint density at radius 1 is 1.42 bits per heavy atom. The highest BCUT2D eigenvalue weighted by atomic mass is 32.2. The summed E-state index contributed by atoms with van der Waals surface area (Å²) in [5.74, 6) is -0.289. The number of hydrogen-bond acceptors (Lipinski definition) is 5. The molecule has 1 aliphatic carbocycles. The molecule has 3 rings (SSSR count). The van der Waals surface area contributed by atoms with Crippen LogP contribution in [0.5, 0.6) is 0 Å². The topological polar surface area (TPSA) is 94.7 Å². The van der Waals surface area contributed by atoms with E-state index in [1.165, 1.54) is 29.4 Å². The molecule has 0 unspecified atom stereocenters. The predicted octanol–water partition coefficient (Wildman–Crippen LogP) is -0.140. The van der Waals surface area contributed by atoms with Crippen LogP contribution in [0.1, 0.15) is 23.3 Å². The summed E-state index contributed by atoms with van der Waals surface area (Å²) in [7, 11) is -1.53. The molecule has 1 saturated heterocycles. The number of sulfonamides is 1. The average Bonchev–Trinajstić information content (AvgIpc) is 3.31. The van der Waals surface area contributed by atoms with Gasteiger partial charge in [-0.2, -0.15) is 4.31 Å². The molecule has 2 heterocycles. The van der Waals surface area contributed by atoms with Gasteiger partial charge < -0.3 is 19.9 Å². The van der Waals surface area contributed by atoms with Gasteiger partial charge in [-0.05, 0) is 26.0 Å². The normalized spacial score (nSPS) is 19.6. The lowest BCUT2D eigenvalue weighted by atomic mass is 10.4. The van der Waals surface area contributed by atoms with Crippen molar-refractivity contribution in [3.8, 4) is 0 Å². The van der Waals surface area contributed by atoms with Crippen molar-refractivity contribution >= 4 is 15.9 Å². The zero-order valence-corrected chi connectivity index (χ0v) is 14.6. The summed E-state index contributed by atoms with van der Waals surface area (Å²) in [6.45, 7) is 2.79. The first-order valence-corrected chi connectivity index (χ1v) is 9.67. The smallest absolute Gasteiger partial charge is 0.267 e. The monoisotopic (exact) mass is 356 g/mol. The molecule has 1 aromatic rings. The second kappa shape index (κ2) is 7.22. The first-order valence-electron chi connectivity index (χ1n) is 8.23. The molecule has 1 amide bonds. The van der Waals surface area contributed by atoms with E-state index < -0.39 is 10.0 Å². The average molecular weight is 356 g/mol. The van der Waals surface area contributed by atoms with Crippen molar-refractivity contribution in [3.05, 3.63) is 18.0 Å². The fraction of sp³-hybridized carbons (Fsp3) is 0.667. The van der Waals surface area contributed by atoms with E-state index in [9.17, 15) is 13.2 Å². The Morgan fingerprint density at radius 2 is 2.12 bits per heavy atom. The molecule has 2 aliphatic rings. The first kappa shape index (κ1) is 17.4. The van der Waals surface area contributed by atoms with Crippen LogP contribution in [-0.2, 0) is 14.8 Å². The number of carbonyl (C=O) groups is 1. The Hall–Kier alpha value is -1.42. The Kier molecular flexibility index (Phi) is 5.24. The van der Waals surface area contributed by atoms with E-state index in [2.05, 4.69) is 15.2 Å². The number of hydrogen-bond donors (Lipinski definition) is 2. The van der Waals surface area contributed by atoms with E-state index in [-0.39, 0.29) is 16.5 Å². The molecule has 0 bridgehead atoms. The third-order valence-electron chi connectivity index (χ3n) is 4.43. The number of aromatic amines is 1. The van der Waals surface area contributed by atoms with E-state index in [0.29, 0.717) is 38.9 Å². The molecule has 0 aromatic carbocycles. The number of nitrogens with zero attached hydrogens (tertiary/aromatic N) is 2. The van der Waals surface area contributed by atoms with Gasteiger partial charge in [0.2, 0.25) is 10.0 Å². The summed E-state index contributed by atoms with van der Waals surface area (Å²) in [5.41, 5.74) is 0.260. The number of nitrogens with one attached hydrogen (secondary N) is 2. The van der Waals surface area contributed by atoms with Crippen LogP contribution in [0.3, 0.4) is 0 Å². The Bertz CT molecular complexity index is 677. The standard InChI is InChI=1S/C15H24N4O4S/c1-18(12-2-3-12)5-4-16-15(20)14-10-13(11-17-14)24(21,22)19-6-8-23-9-7-19/h10-12,17H,2-9H2,1H3,(H,16,20). The maximum absolute atomic E-state index is 12.5. The van der Waals surface area contributed by atoms with Gasteiger partial charge in [-0.25, -0.2) is 8.42 Å². The van der Waals surface area contributed by atoms with Crippen LogP contribution in [0.4, 0.5) is 0 Å². The van der Waals surface area contributed by atoms with Crippen molar-refractivity contribution in [2.75, 3.05) is 46.4 Å². The van der Waals surface area contributed by atoms with Gasteiger partial charge in [0.1, 0.15) is 10.6 Å². The third-order valence-corrected chi connectivity index (χ3v) is 6.31. The van der Waals surface area contributed by atoms with Crippen LogP contribution in [0, 0.1) is 0 Å². The molecular formula is C15H24N4O4S. The summed E-state index contributed by atoms with van der Waals surface area (Å²) in [4.78, 5) is 17.2. The summed E-state index contributed by atoms with van der Waals surface area (Å²) < 4.78 is 31.6. The zero-order valence-electron chi connectivity index (χ0n) is 13.8. The molecule has 9 heteroatoms. The lowest BCUT2D eigenvalue weighted by Gasteiger charge is -2.25. The largest absolute Gasteiger partial charge is 0.379 e. The number of likely N-dealkylation sites (N-methyl/N-ethyl adjacent to an activating group) is 1. The van der Waals surface area contributed by atoms with Crippen LogP contribution in [0.2, 0.25) is 0 Å². The van der Waals surface area contributed by atoms with Gasteiger partial charge in [0.05, 0.1) is 13.2 Å². The Morgan fingerprint density at radius 3 is 2.79 bits per heavy atom. The highest BCUT2D eigenvalue weighted by Crippen LogP contribution is 2.24. The van der Waals surface area contributed by atoms with Crippen molar-refractivity contribution < 1.29 is 17.9 Å². The maximum Gasteiger partial charge on any atom is 0.267 e. The quantitative estimate of drug-likeness (QED) is 0.709. The zero-order chi connectivity index (χ0) is 17.2. The number of amides is 1. The van der Waals surface area contributed by atoms with Gasteiger partial charge in [0.25, 0.3) is 5.91 Å². The molecule has 0 spiro atoms. The molecule has 0 atom stereocenters. The van der Waals surface area contributed by atoms with Crippen molar-refractivity contribution in [2.45, 2.75) is 23.8 Å². The molecule has 1 aliphatic heterocycles. The third kappa shape index (κ3) is 3.97. The summed E-state index contributed by atoms with van der Waals surface area (Å²) in [6, 6.07) is 2.04. The lowest BCUT2D eigenvalue weighted by Crippen LogP contribution is -2.40. The minimum atomic E-state index is -3.58. The van der Waals surface area contributed by atoms with E-state index in [4.69, 9.17) is 4.74 Å². The molecule has 0 radical (unpaired) electrons. The van der Waals surface area contributed by atoms with Crippen molar-refractivity contribution in [1.29, 1.82) is 0 Å². The number of carbonyl (C=O) groups excluding carboxylic acids is 1. The molecule has 8 nitrogen and oxygen atoms in total. The van der Waals surface area contributed by atoms with E-state index in [0.717, 1.165) is 6.54 Å². The van der Waals surface area contributed by atoms with Gasteiger partial charge in [-0.3, -0.25) is 4.79 Å². The van der Waals surface area contributed by atoms with Gasteiger partial charge in [0, 0.05) is 38.4 Å². The second-order valence-corrected chi connectivity index (χ2v) is 8.17. The highest BCUT2D eigenvalue weighted by Gasteiger charge is 2.28. The predicted molar refractivity (Wildman–Crippen MR) is 88.4 cm³/mol. The minimum Gasteiger partial charge on any atom is -0.379 e. The Labute approximate surface area is 142 Å². The van der Waals surface area contributed by atoms with Gasteiger partial charge in [-0.1, -0.05) is 0 Å². The molecule has 1 saturated carbocycles. The van der Waals surface area contributed by atoms with Gasteiger partial charge in [-0.15, -0.1) is 0 Å². The van der Waals surface area contributed by atoms with Crippen molar-refractivity contribution in [3.63, 3.8) is 0 Å². The van der Waals surface area contributed by atoms with E-state index >= 15 is 0 Å². The SMILES string of the molecule is CN(CCNC(=O)c1cc(S(=O)(=O)N2CCOCC2)c[nH]1)C1CC1. The van der Waals surface area contributed by atoms with Crippen molar-refractivity contribution in [2.24, 2.45) is 0 Å². The van der Waals surface area contributed by atoms with E-state index in [1.54, 1.807) is 0 Å². The number of ether oxygens (including phenoxy) is 1. The summed E-state index contributed by atoms with van der Waals surface area (Å²) in [6.07, 6.45) is 3.82. The van der Waals surface area contributed by atoms with E-state index in [1.807, 2.05) is 7.05 Å². The molecule has 134 valence electrons. The van der Waals surface area contributed by atoms with Crippen LogP contribution in [-0.4, -0.2) is 81.0 Å². The molecule has 2 N–H and O–H groups in total. The molecule has 24 heavy (non-hydrogen) atoms. The lowest BCUT2D eigenvalue weighted by molar-refractivity contribution is 0.0730. The fourth-order valence-electron chi connectivity index (χ4n) is 2.73. The molecule has 1 aromatic heterocycles. The number of aromatic nitrogens is 1. The van der Waals surface area contributed by atoms with Crippen LogP contribution in [0.15, 0.2) is 17.2 Å². The van der Waals surface area contributed by atoms with Crippen molar-refractivity contribution in [1.82, 2.24) is 19.5 Å². The second-order valence-electron chi connectivity index (χ2n) is 6.23. The summed E-state index contributed by atoms with van der Waals surface area (Å²) in [5, 5.41) is 2.82. The first-order chi connectivity index (χ1) is 11.5. The van der Waals surface area contributed by atoms with Crippen LogP contribution in [0.25, 0.3) is 0 Å². The fourth-order valence-corrected chi connectivity index (χ4v) is 4.13. The number of H-pyrrole nitrogens is 1. The number of morpholine rings is 1. The highest BCUT2D eigenvalue weighted by molar-refractivity contribution is 7.89. The summed E-state index contributed by atoms with van der Waals surface area (Å²) >= 11 is 0. The van der Waals surface area contributed by atoms with Crippen LogP contribution >= 0.6 is 0 Å².